The molecule has 1 N–H and O–H groups in total. The van der Waals surface area contributed by atoms with E-state index in [-0.39, 0.29) is 0 Å². The van der Waals surface area contributed by atoms with Crippen molar-refractivity contribution in [2.75, 3.05) is 7.05 Å². The van der Waals surface area contributed by atoms with Crippen LogP contribution < -0.4 is 5.32 Å². The third-order valence-corrected chi connectivity index (χ3v) is 3.09. The molecule has 15 heavy (non-hydrogen) atoms. The number of hydrogen-bond donors (Lipinski definition) is 1. The first-order chi connectivity index (χ1) is 7.20. The lowest BCUT2D eigenvalue weighted by atomic mass is 9.95. The van der Waals surface area contributed by atoms with Gasteiger partial charge in [0, 0.05) is 6.20 Å². The van der Waals surface area contributed by atoms with E-state index in [9.17, 15) is 5.26 Å². The molecule has 4 heteroatoms. The van der Waals surface area contributed by atoms with E-state index >= 15 is 0 Å². The minimum absolute atomic E-state index is 0.432. The Morgan fingerprint density at radius 2 is 2.47 bits per heavy atom. The average Bonchev–Trinajstić information content (AvgIpc) is 3.01. The molecule has 0 radical (unpaired) electrons. The van der Waals surface area contributed by atoms with Crippen LogP contribution >= 0.6 is 0 Å². The highest BCUT2D eigenvalue weighted by Gasteiger charge is 2.45. The Hall–Kier alpha value is -1.34. The first-order valence-corrected chi connectivity index (χ1v) is 5.29. The Balaban J connectivity index is 2.17. The number of rotatable bonds is 4. The SMILES string of the molecule is CNC(C#N)(Cn1cc(C)cn1)C1CC1. The molecule has 0 aliphatic heterocycles. The molecule has 1 atom stereocenters. The normalized spacial score (nSPS) is 19.5. The van der Waals surface area contributed by atoms with E-state index in [2.05, 4.69) is 16.5 Å². The molecular weight excluding hydrogens is 188 g/mol. The first kappa shape index (κ1) is 10.2. The summed E-state index contributed by atoms with van der Waals surface area (Å²) in [5.74, 6) is 0.483. The van der Waals surface area contributed by atoms with Gasteiger partial charge in [-0.05, 0) is 38.3 Å². The van der Waals surface area contributed by atoms with Crippen molar-refractivity contribution >= 4 is 0 Å². The molecule has 1 aliphatic rings. The number of hydrogen-bond acceptors (Lipinski definition) is 3. The fraction of sp³-hybridized carbons (Fsp3) is 0.636. The summed E-state index contributed by atoms with van der Waals surface area (Å²) < 4.78 is 1.85. The Kier molecular flexibility index (Phi) is 2.49. The summed E-state index contributed by atoms with van der Waals surface area (Å²) in [7, 11) is 1.86. The number of nitrogens with one attached hydrogen (secondary N) is 1. The Morgan fingerprint density at radius 1 is 1.73 bits per heavy atom. The van der Waals surface area contributed by atoms with Crippen molar-refractivity contribution in [1.82, 2.24) is 15.1 Å². The highest BCUT2D eigenvalue weighted by atomic mass is 15.3. The smallest absolute Gasteiger partial charge is 0.129 e. The molecule has 1 unspecified atom stereocenters. The molecule has 1 aromatic rings. The summed E-state index contributed by atoms with van der Waals surface area (Å²) in [6, 6.07) is 2.41. The van der Waals surface area contributed by atoms with E-state index in [1.807, 2.05) is 31.0 Å². The quantitative estimate of drug-likeness (QED) is 0.798. The summed E-state index contributed by atoms with van der Waals surface area (Å²) in [5, 5.41) is 16.7. The Bertz CT molecular complexity index is 386. The van der Waals surface area contributed by atoms with Gasteiger partial charge in [-0.2, -0.15) is 10.4 Å². The summed E-state index contributed by atoms with van der Waals surface area (Å²) in [6.45, 7) is 2.65. The molecule has 0 spiro atoms. The number of aryl methyl sites for hydroxylation is 1. The zero-order valence-corrected chi connectivity index (χ0v) is 9.20. The van der Waals surface area contributed by atoms with Crippen LogP contribution in [-0.4, -0.2) is 22.4 Å². The van der Waals surface area contributed by atoms with Gasteiger partial charge >= 0.3 is 0 Å². The fourth-order valence-electron chi connectivity index (χ4n) is 1.98. The van der Waals surface area contributed by atoms with Crippen LogP contribution in [0.25, 0.3) is 0 Å². The van der Waals surface area contributed by atoms with Crippen LogP contribution in [0.4, 0.5) is 0 Å². The highest BCUT2D eigenvalue weighted by Crippen LogP contribution is 2.40. The molecule has 0 saturated heterocycles. The van der Waals surface area contributed by atoms with Gasteiger partial charge in [0.05, 0.1) is 18.8 Å². The fourth-order valence-corrected chi connectivity index (χ4v) is 1.98. The number of nitriles is 1. The molecule has 0 aromatic carbocycles. The molecule has 1 aromatic heterocycles. The van der Waals surface area contributed by atoms with Crippen molar-refractivity contribution in [1.29, 1.82) is 5.26 Å². The van der Waals surface area contributed by atoms with Gasteiger partial charge in [0.2, 0.25) is 0 Å². The maximum absolute atomic E-state index is 9.30. The van der Waals surface area contributed by atoms with Gasteiger partial charge in [0.25, 0.3) is 0 Å². The lowest BCUT2D eigenvalue weighted by molar-refractivity contribution is 0.326. The van der Waals surface area contributed by atoms with Gasteiger partial charge in [0.15, 0.2) is 0 Å². The van der Waals surface area contributed by atoms with Crippen LogP contribution in [0.2, 0.25) is 0 Å². The first-order valence-electron chi connectivity index (χ1n) is 5.29. The van der Waals surface area contributed by atoms with Crippen LogP contribution in [0, 0.1) is 24.2 Å². The van der Waals surface area contributed by atoms with Crippen LogP contribution in [0.15, 0.2) is 12.4 Å². The van der Waals surface area contributed by atoms with Gasteiger partial charge in [-0.1, -0.05) is 0 Å². The summed E-state index contributed by atoms with van der Waals surface area (Å²) in [5.41, 5.74) is 0.701. The molecule has 4 nitrogen and oxygen atoms in total. The average molecular weight is 204 g/mol. The predicted molar refractivity (Wildman–Crippen MR) is 57.1 cm³/mol. The van der Waals surface area contributed by atoms with Crippen molar-refractivity contribution in [3.05, 3.63) is 18.0 Å². The van der Waals surface area contributed by atoms with E-state index in [1.54, 1.807) is 0 Å². The van der Waals surface area contributed by atoms with E-state index < -0.39 is 5.54 Å². The van der Waals surface area contributed by atoms with E-state index in [0.717, 1.165) is 18.4 Å². The minimum atomic E-state index is -0.432. The molecule has 1 aliphatic carbocycles. The standard InChI is InChI=1S/C11H16N4/c1-9-5-14-15(6-9)8-11(7-12,13-2)10-3-4-10/h5-6,10,13H,3-4,8H2,1-2H3. The summed E-state index contributed by atoms with van der Waals surface area (Å²) >= 11 is 0. The Labute approximate surface area is 89.9 Å². The molecule has 1 saturated carbocycles. The third-order valence-electron chi connectivity index (χ3n) is 3.09. The molecule has 0 amide bonds. The molecule has 1 fully saturated rings. The van der Waals surface area contributed by atoms with Gasteiger partial charge in [-0.15, -0.1) is 0 Å². The second-order valence-corrected chi connectivity index (χ2v) is 4.32. The zero-order valence-electron chi connectivity index (χ0n) is 9.20. The lowest BCUT2D eigenvalue weighted by Gasteiger charge is -2.25. The number of nitrogens with zero attached hydrogens (tertiary/aromatic N) is 3. The van der Waals surface area contributed by atoms with Crippen molar-refractivity contribution in [2.24, 2.45) is 5.92 Å². The maximum Gasteiger partial charge on any atom is 0.129 e. The number of aromatic nitrogens is 2. The Morgan fingerprint density at radius 3 is 2.87 bits per heavy atom. The largest absolute Gasteiger partial charge is 0.301 e. The van der Waals surface area contributed by atoms with Gasteiger partial charge in [0.1, 0.15) is 5.54 Å². The van der Waals surface area contributed by atoms with Crippen molar-refractivity contribution in [3.63, 3.8) is 0 Å². The summed E-state index contributed by atoms with van der Waals surface area (Å²) in [4.78, 5) is 0. The second kappa shape index (κ2) is 3.67. The molecule has 1 heterocycles. The topological polar surface area (TPSA) is 53.6 Å². The van der Waals surface area contributed by atoms with Crippen LogP contribution in [0.3, 0.4) is 0 Å². The molecule has 0 bridgehead atoms. The second-order valence-electron chi connectivity index (χ2n) is 4.32. The van der Waals surface area contributed by atoms with E-state index in [1.165, 1.54) is 0 Å². The van der Waals surface area contributed by atoms with Crippen LogP contribution in [0.5, 0.6) is 0 Å². The minimum Gasteiger partial charge on any atom is -0.301 e. The van der Waals surface area contributed by atoms with Gasteiger partial charge in [-0.3, -0.25) is 4.68 Å². The van der Waals surface area contributed by atoms with Crippen molar-refractivity contribution in [2.45, 2.75) is 31.8 Å². The van der Waals surface area contributed by atoms with Gasteiger partial charge in [-0.25, -0.2) is 0 Å². The van der Waals surface area contributed by atoms with Crippen LogP contribution in [0.1, 0.15) is 18.4 Å². The molecular formula is C11H16N4. The lowest BCUT2D eigenvalue weighted by Crippen LogP contribution is -2.47. The monoisotopic (exact) mass is 204 g/mol. The maximum atomic E-state index is 9.30. The predicted octanol–water partition coefficient (Wildman–Crippen LogP) is 1.08. The molecule has 2 rings (SSSR count). The van der Waals surface area contributed by atoms with Crippen molar-refractivity contribution < 1.29 is 0 Å². The van der Waals surface area contributed by atoms with Crippen LogP contribution in [-0.2, 0) is 6.54 Å². The zero-order chi connectivity index (χ0) is 10.9. The number of likely N-dealkylation sites (N-methyl/N-ethyl adjacent to an activating group) is 1. The van der Waals surface area contributed by atoms with E-state index in [4.69, 9.17) is 0 Å². The molecule has 80 valence electrons. The third kappa shape index (κ3) is 1.88. The van der Waals surface area contributed by atoms with Crippen molar-refractivity contribution in [3.8, 4) is 6.07 Å². The van der Waals surface area contributed by atoms with E-state index in [0.29, 0.717) is 12.5 Å². The van der Waals surface area contributed by atoms with Gasteiger partial charge < -0.3 is 5.32 Å². The summed E-state index contributed by atoms with van der Waals surface area (Å²) in [6.07, 6.45) is 6.10. The highest BCUT2D eigenvalue weighted by molar-refractivity contribution is 5.15.